The summed E-state index contributed by atoms with van der Waals surface area (Å²) in [6.07, 6.45) is 2.03. The van der Waals surface area contributed by atoms with E-state index in [1.54, 1.807) is 12.3 Å². The summed E-state index contributed by atoms with van der Waals surface area (Å²) >= 11 is 1.13. The zero-order chi connectivity index (χ0) is 13.1. The summed E-state index contributed by atoms with van der Waals surface area (Å²) < 4.78 is 4.83. The predicted molar refractivity (Wildman–Crippen MR) is 67.7 cm³/mol. The lowest BCUT2D eigenvalue weighted by atomic mass is 9.82. The number of esters is 1. The summed E-state index contributed by atoms with van der Waals surface area (Å²) in [6, 6.07) is 0.250. The van der Waals surface area contributed by atoms with Crippen LogP contribution in [-0.4, -0.2) is 29.5 Å². The number of nitrogens with one attached hydrogen (secondary N) is 1. The van der Waals surface area contributed by atoms with Gasteiger partial charge < -0.3 is 10.1 Å². The highest BCUT2D eigenvalue weighted by Gasteiger charge is 2.27. The van der Waals surface area contributed by atoms with Crippen LogP contribution in [0.2, 0.25) is 0 Å². The van der Waals surface area contributed by atoms with Crippen LogP contribution >= 0.6 is 11.3 Å². The van der Waals surface area contributed by atoms with Crippen molar-refractivity contribution < 1.29 is 14.3 Å². The molecule has 1 heterocycles. The zero-order valence-electron chi connectivity index (χ0n) is 10.4. The normalized spacial score (nSPS) is 22.1. The number of hydrogen-bond donors (Lipinski definition) is 1. The fourth-order valence-corrected chi connectivity index (χ4v) is 2.63. The predicted octanol–water partition coefficient (Wildman–Crippen LogP) is 1.85. The van der Waals surface area contributed by atoms with E-state index >= 15 is 0 Å². The molecular weight excluding hydrogens is 252 g/mol. The van der Waals surface area contributed by atoms with Gasteiger partial charge in [-0.25, -0.2) is 9.78 Å². The SMILES string of the molecule is CCOC(=O)c1nc(C(=O)NC2CC(C)C2)cs1. The fraction of sp³-hybridized carbons (Fsp3) is 0.583. The van der Waals surface area contributed by atoms with Gasteiger partial charge in [0.15, 0.2) is 0 Å². The van der Waals surface area contributed by atoms with Crippen LogP contribution in [0, 0.1) is 5.92 Å². The summed E-state index contributed by atoms with van der Waals surface area (Å²) in [5.74, 6) is -0.00154. The highest BCUT2D eigenvalue weighted by atomic mass is 32.1. The molecule has 6 heteroatoms. The number of hydrogen-bond acceptors (Lipinski definition) is 5. The average Bonchev–Trinajstić information content (AvgIpc) is 2.76. The molecule has 0 bridgehead atoms. The molecule has 0 saturated heterocycles. The van der Waals surface area contributed by atoms with Crippen molar-refractivity contribution >= 4 is 23.2 Å². The van der Waals surface area contributed by atoms with Crippen LogP contribution < -0.4 is 5.32 Å². The van der Waals surface area contributed by atoms with Crippen molar-refractivity contribution in [3.63, 3.8) is 0 Å². The van der Waals surface area contributed by atoms with E-state index in [2.05, 4.69) is 17.2 Å². The van der Waals surface area contributed by atoms with E-state index in [-0.39, 0.29) is 17.0 Å². The minimum absolute atomic E-state index is 0.210. The third-order valence-corrected chi connectivity index (χ3v) is 3.72. The number of carbonyl (C=O) groups excluding carboxylic acids is 2. The van der Waals surface area contributed by atoms with Gasteiger partial charge in [-0.05, 0) is 25.7 Å². The Morgan fingerprint density at radius 2 is 2.28 bits per heavy atom. The van der Waals surface area contributed by atoms with Crippen LogP contribution in [-0.2, 0) is 4.74 Å². The standard InChI is InChI=1S/C12H16N2O3S/c1-3-17-12(16)11-14-9(6-18-11)10(15)13-8-4-7(2)5-8/h6-8H,3-5H2,1-2H3,(H,13,15). The van der Waals surface area contributed by atoms with Gasteiger partial charge in [-0.15, -0.1) is 11.3 Å². The van der Waals surface area contributed by atoms with Gasteiger partial charge in [0.1, 0.15) is 5.69 Å². The van der Waals surface area contributed by atoms with Gasteiger partial charge in [0.2, 0.25) is 5.01 Å². The second kappa shape index (κ2) is 5.48. The minimum atomic E-state index is -0.473. The highest BCUT2D eigenvalue weighted by molar-refractivity contribution is 7.11. The van der Waals surface area contributed by atoms with Crippen molar-refractivity contribution in [1.82, 2.24) is 10.3 Å². The maximum atomic E-state index is 11.8. The van der Waals surface area contributed by atoms with Gasteiger partial charge in [-0.1, -0.05) is 6.92 Å². The number of amides is 1. The Bertz CT molecular complexity index is 452. The number of ether oxygens (including phenoxy) is 1. The van der Waals surface area contributed by atoms with Gasteiger partial charge in [-0.2, -0.15) is 0 Å². The molecule has 5 nitrogen and oxygen atoms in total. The molecule has 1 fully saturated rings. The van der Waals surface area contributed by atoms with Crippen LogP contribution in [0.25, 0.3) is 0 Å². The molecule has 0 radical (unpaired) electrons. The molecule has 0 atom stereocenters. The van der Waals surface area contributed by atoms with Crippen molar-refractivity contribution in [1.29, 1.82) is 0 Å². The van der Waals surface area contributed by atoms with Crippen LogP contribution in [0.5, 0.6) is 0 Å². The average molecular weight is 268 g/mol. The Morgan fingerprint density at radius 3 is 2.89 bits per heavy atom. The molecule has 1 aliphatic carbocycles. The first-order valence-electron chi connectivity index (χ1n) is 6.03. The molecule has 0 unspecified atom stereocenters. The third-order valence-electron chi connectivity index (χ3n) is 2.90. The number of aromatic nitrogens is 1. The highest BCUT2D eigenvalue weighted by Crippen LogP contribution is 2.26. The Hall–Kier alpha value is -1.43. The van der Waals surface area contributed by atoms with E-state index in [4.69, 9.17) is 4.74 Å². The topological polar surface area (TPSA) is 68.3 Å². The third kappa shape index (κ3) is 2.87. The lowest BCUT2D eigenvalue weighted by Crippen LogP contribution is -2.43. The first kappa shape index (κ1) is 13.0. The second-order valence-corrected chi connectivity index (χ2v) is 5.36. The second-order valence-electron chi connectivity index (χ2n) is 4.51. The summed E-state index contributed by atoms with van der Waals surface area (Å²) in [4.78, 5) is 27.2. The summed E-state index contributed by atoms with van der Waals surface area (Å²) in [6.45, 7) is 4.20. The molecule has 1 N–H and O–H groups in total. The maximum Gasteiger partial charge on any atom is 0.367 e. The molecule has 2 rings (SSSR count). The van der Waals surface area contributed by atoms with E-state index in [1.807, 2.05) is 0 Å². The van der Waals surface area contributed by atoms with Crippen molar-refractivity contribution in [2.24, 2.45) is 5.92 Å². The smallest absolute Gasteiger partial charge is 0.367 e. The number of thiazole rings is 1. The summed E-state index contributed by atoms with van der Waals surface area (Å²) in [5, 5.41) is 4.71. The van der Waals surface area contributed by atoms with Gasteiger partial charge >= 0.3 is 5.97 Å². The quantitative estimate of drug-likeness (QED) is 0.846. The molecule has 1 aromatic rings. The Kier molecular flexibility index (Phi) is 3.96. The van der Waals surface area contributed by atoms with Crippen LogP contribution in [0.4, 0.5) is 0 Å². The van der Waals surface area contributed by atoms with E-state index < -0.39 is 5.97 Å². The monoisotopic (exact) mass is 268 g/mol. The summed E-state index contributed by atoms with van der Waals surface area (Å²) in [5.41, 5.74) is 0.294. The number of nitrogens with zero attached hydrogens (tertiary/aromatic N) is 1. The van der Waals surface area contributed by atoms with E-state index in [0.29, 0.717) is 18.2 Å². The Labute approximate surface area is 110 Å². The van der Waals surface area contributed by atoms with Gasteiger partial charge in [0, 0.05) is 11.4 Å². The Morgan fingerprint density at radius 1 is 1.56 bits per heavy atom. The summed E-state index contributed by atoms with van der Waals surface area (Å²) in [7, 11) is 0. The van der Waals surface area contributed by atoms with Crippen molar-refractivity contribution in [2.75, 3.05) is 6.61 Å². The molecule has 98 valence electrons. The first-order valence-corrected chi connectivity index (χ1v) is 6.91. The first-order chi connectivity index (χ1) is 8.60. The number of rotatable bonds is 4. The molecule has 1 aliphatic rings. The van der Waals surface area contributed by atoms with Crippen molar-refractivity contribution in [3.05, 3.63) is 16.1 Å². The maximum absolute atomic E-state index is 11.8. The lowest BCUT2D eigenvalue weighted by molar-refractivity contribution is 0.0526. The van der Waals surface area contributed by atoms with Gasteiger partial charge in [0.25, 0.3) is 5.91 Å². The zero-order valence-corrected chi connectivity index (χ0v) is 11.3. The van der Waals surface area contributed by atoms with Crippen LogP contribution in [0.3, 0.4) is 0 Å². The molecule has 18 heavy (non-hydrogen) atoms. The van der Waals surface area contributed by atoms with Gasteiger partial charge in [-0.3, -0.25) is 4.79 Å². The lowest BCUT2D eigenvalue weighted by Gasteiger charge is -2.32. The molecule has 0 aliphatic heterocycles. The molecule has 1 aromatic heterocycles. The molecule has 1 saturated carbocycles. The van der Waals surface area contributed by atoms with Crippen molar-refractivity contribution in [3.8, 4) is 0 Å². The van der Waals surface area contributed by atoms with Crippen LogP contribution in [0.15, 0.2) is 5.38 Å². The van der Waals surface area contributed by atoms with E-state index in [9.17, 15) is 9.59 Å². The molecule has 0 aromatic carbocycles. The van der Waals surface area contributed by atoms with E-state index in [1.165, 1.54) is 0 Å². The minimum Gasteiger partial charge on any atom is -0.461 e. The molecular formula is C12H16N2O3S. The Balaban J connectivity index is 1.92. The fourth-order valence-electron chi connectivity index (χ4n) is 1.94. The molecule has 1 amide bonds. The largest absolute Gasteiger partial charge is 0.461 e. The molecule has 0 spiro atoms. The van der Waals surface area contributed by atoms with Gasteiger partial charge in [0.05, 0.1) is 6.61 Å². The van der Waals surface area contributed by atoms with Crippen molar-refractivity contribution in [2.45, 2.75) is 32.7 Å². The van der Waals surface area contributed by atoms with Crippen LogP contribution in [0.1, 0.15) is 47.0 Å². The van der Waals surface area contributed by atoms with E-state index in [0.717, 1.165) is 24.2 Å². The number of carbonyl (C=O) groups is 2.